The summed E-state index contributed by atoms with van der Waals surface area (Å²) in [6, 6.07) is 17.7. The number of halogens is 2. The summed E-state index contributed by atoms with van der Waals surface area (Å²) in [6.07, 6.45) is 0.359. The van der Waals surface area contributed by atoms with Crippen molar-refractivity contribution >= 4 is 23.2 Å². The minimum atomic E-state index is -1.03. The number of fused-ring (bicyclic) bond motifs is 4. The normalized spacial score (nSPS) is 22.3. The van der Waals surface area contributed by atoms with Gasteiger partial charge in [0.2, 0.25) is 5.91 Å². The van der Waals surface area contributed by atoms with E-state index >= 15 is 0 Å². The third kappa shape index (κ3) is 3.29. The predicted molar refractivity (Wildman–Crippen MR) is 127 cm³/mol. The highest BCUT2D eigenvalue weighted by atomic mass is 35.5. The molecule has 0 radical (unpaired) electrons. The van der Waals surface area contributed by atoms with Gasteiger partial charge < -0.3 is 14.8 Å². The summed E-state index contributed by atoms with van der Waals surface area (Å²) < 4.78 is 26.4. The highest BCUT2D eigenvalue weighted by Crippen LogP contribution is 2.58. The predicted octanol–water partition coefficient (Wildman–Crippen LogP) is 6.15. The van der Waals surface area contributed by atoms with Crippen LogP contribution in [0.4, 0.5) is 10.1 Å². The van der Waals surface area contributed by atoms with E-state index in [2.05, 4.69) is 5.32 Å². The molecule has 0 aromatic heterocycles. The van der Waals surface area contributed by atoms with Crippen LogP contribution < -0.4 is 14.8 Å². The van der Waals surface area contributed by atoms with Gasteiger partial charge in [0.25, 0.3) is 0 Å². The van der Waals surface area contributed by atoms with Crippen molar-refractivity contribution in [2.75, 3.05) is 11.9 Å². The van der Waals surface area contributed by atoms with Gasteiger partial charge in [-0.2, -0.15) is 0 Å². The molecule has 33 heavy (non-hydrogen) atoms. The van der Waals surface area contributed by atoms with E-state index in [1.165, 1.54) is 12.1 Å². The Labute approximate surface area is 197 Å². The Morgan fingerprint density at radius 1 is 1.09 bits per heavy atom. The molecule has 3 aromatic rings. The molecule has 0 saturated heterocycles. The summed E-state index contributed by atoms with van der Waals surface area (Å²) in [7, 11) is 0. The zero-order valence-corrected chi connectivity index (χ0v) is 19.5. The van der Waals surface area contributed by atoms with Crippen LogP contribution in [-0.2, 0) is 16.6 Å². The number of hydrogen-bond acceptors (Lipinski definition) is 3. The van der Waals surface area contributed by atoms with Gasteiger partial charge in [-0.15, -0.1) is 0 Å². The average Bonchev–Trinajstić information content (AvgIpc) is 3.05. The lowest BCUT2D eigenvalue weighted by Crippen LogP contribution is -2.58. The SMILES string of the molecule is CCOc1ccc2c(c1)OC(C)(C)C(Cc1cc(F)ccc1Cl)[C@]21C(=O)Nc2ccccc21. The summed E-state index contributed by atoms with van der Waals surface area (Å²) in [5, 5.41) is 3.55. The summed E-state index contributed by atoms with van der Waals surface area (Å²) in [4.78, 5) is 13.9. The Balaban J connectivity index is 1.77. The Morgan fingerprint density at radius 2 is 1.88 bits per heavy atom. The van der Waals surface area contributed by atoms with Crippen molar-refractivity contribution < 1.29 is 18.7 Å². The van der Waals surface area contributed by atoms with E-state index in [0.29, 0.717) is 35.1 Å². The average molecular weight is 466 g/mol. The van der Waals surface area contributed by atoms with Gasteiger partial charge in [-0.05, 0) is 68.7 Å². The lowest BCUT2D eigenvalue weighted by Gasteiger charge is -2.50. The first-order valence-corrected chi connectivity index (χ1v) is 11.5. The molecule has 1 unspecified atom stereocenters. The summed E-state index contributed by atoms with van der Waals surface area (Å²) in [5.74, 6) is 0.442. The Morgan fingerprint density at radius 3 is 2.67 bits per heavy atom. The topological polar surface area (TPSA) is 47.6 Å². The van der Waals surface area contributed by atoms with Crippen LogP contribution in [0, 0.1) is 11.7 Å². The number of para-hydroxylation sites is 1. The fraction of sp³-hybridized carbons (Fsp3) is 0.296. The minimum absolute atomic E-state index is 0.122. The van der Waals surface area contributed by atoms with Gasteiger partial charge in [-0.25, -0.2) is 4.39 Å². The number of carbonyl (C=O) groups excluding carboxylic acids is 1. The number of hydrogen-bond donors (Lipinski definition) is 1. The molecular weight excluding hydrogens is 441 g/mol. The largest absolute Gasteiger partial charge is 0.494 e. The smallest absolute Gasteiger partial charge is 0.240 e. The second-order valence-electron chi connectivity index (χ2n) is 9.10. The number of ether oxygens (including phenoxy) is 2. The standard InChI is InChI=1S/C27H25ClFNO3/c1-4-32-18-10-11-20-23(15-18)33-26(2,3)24(14-16-13-17(29)9-12-21(16)28)27(20)19-7-5-6-8-22(19)30-25(27)31/h5-13,15,24H,4,14H2,1-3H3,(H,30,31)/t24?,27-/m1/s1. The molecule has 170 valence electrons. The maximum atomic E-state index is 14.2. The summed E-state index contributed by atoms with van der Waals surface area (Å²) >= 11 is 6.47. The minimum Gasteiger partial charge on any atom is -0.494 e. The first-order chi connectivity index (χ1) is 15.8. The fourth-order valence-corrected chi connectivity index (χ4v) is 5.64. The van der Waals surface area contributed by atoms with Gasteiger partial charge in [0.15, 0.2) is 0 Å². The molecule has 4 nitrogen and oxygen atoms in total. The van der Waals surface area contributed by atoms with Crippen LogP contribution >= 0.6 is 11.6 Å². The van der Waals surface area contributed by atoms with E-state index in [0.717, 1.165) is 16.8 Å². The molecule has 6 heteroatoms. The van der Waals surface area contributed by atoms with Gasteiger partial charge in [0.05, 0.1) is 6.61 Å². The molecule has 0 aliphatic carbocycles. The van der Waals surface area contributed by atoms with Crippen molar-refractivity contribution in [1.82, 2.24) is 0 Å². The lowest BCUT2D eigenvalue weighted by atomic mass is 9.58. The molecule has 2 heterocycles. The Hall–Kier alpha value is -3.05. The number of carbonyl (C=O) groups is 1. The Kier molecular flexibility index (Phi) is 5.13. The van der Waals surface area contributed by atoms with E-state index < -0.39 is 11.0 Å². The fourth-order valence-electron chi connectivity index (χ4n) is 5.44. The van der Waals surface area contributed by atoms with Gasteiger partial charge in [0.1, 0.15) is 28.3 Å². The van der Waals surface area contributed by atoms with Crippen molar-refractivity contribution in [3.05, 3.63) is 88.2 Å². The second-order valence-corrected chi connectivity index (χ2v) is 9.50. The van der Waals surface area contributed by atoms with E-state index in [1.54, 1.807) is 6.07 Å². The van der Waals surface area contributed by atoms with Crippen molar-refractivity contribution in [1.29, 1.82) is 0 Å². The summed E-state index contributed by atoms with van der Waals surface area (Å²) in [6.45, 7) is 6.39. The maximum absolute atomic E-state index is 14.2. The van der Waals surface area contributed by atoms with E-state index in [4.69, 9.17) is 21.1 Å². The third-order valence-electron chi connectivity index (χ3n) is 6.81. The summed E-state index contributed by atoms with van der Waals surface area (Å²) in [5.41, 5.74) is 1.26. The van der Waals surface area contributed by atoms with E-state index in [-0.39, 0.29) is 17.6 Å². The lowest BCUT2D eigenvalue weighted by molar-refractivity contribution is -0.126. The molecule has 0 fully saturated rings. The molecule has 3 aromatic carbocycles. The number of nitrogens with one attached hydrogen (secondary N) is 1. The molecule has 1 amide bonds. The number of rotatable bonds is 4. The molecule has 1 spiro atoms. The van der Waals surface area contributed by atoms with Gasteiger partial charge >= 0.3 is 0 Å². The quantitative estimate of drug-likeness (QED) is 0.503. The van der Waals surface area contributed by atoms with Crippen LogP contribution in [0.15, 0.2) is 60.7 Å². The van der Waals surface area contributed by atoms with Crippen molar-refractivity contribution in [2.24, 2.45) is 5.92 Å². The zero-order chi connectivity index (χ0) is 23.4. The van der Waals surface area contributed by atoms with Crippen molar-refractivity contribution in [3.8, 4) is 11.5 Å². The van der Waals surface area contributed by atoms with Crippen LogP contribution in [0.1, 0.15) is 37.5 Å². The van der Waals surface area contributed by atoms with Crippen molar-refractivity contribution in [3.63, 3.8) is 0 Å². The van der Waals surface area contributed by atoms with Crippen LogP contribution in [-0.4, -0.2) is 18.1 Å². The maximum Gasteiger partial charge on any atom is 0.240 e. The monoisotopic (exact) mass is 465 g/mol. The van der Waals surface area contributed by atoms with Crippen LogP contribution in [0.3, 0.4) is 0 Å². The van der Waals surface area contributed by atoms with Gasteiger partial charge in [-0.3, -0.25) is 4.79 Å². The number of amides is 1. The van der Waals surface area contributed by atoms with Crippen molar-refractivity contribution in [2.45, 2.75) is 38.2 Å². The molecular formula is C27H25ClFNO3. The molecule has 2 aliphatic rings. The van der Waals surface area contributed by atoms with E-state index in [9.17, 15) is 9.18 Å². The zero-order valence-electron chi connectivity index (χ0n) is 18.7. The van der Waals surface area contributed by atoms with Gasteiger partial charge in [0, 0.05) is 28.3 Å². The van der Waals surface area contributed by atoms with Gasteiger partial charge in [-0.1, -0.05) is 35.9 Å². The second kappa shape index (κ2) is 7.77. The molecule has 2 atom stereocenters. The molecule has 1 N–H and O–H groups in total. The highest BCUT2D eigenvalue weighted by molar-refractivity contribution is 6.31. The van der Waals surface area contributed by atoms with Crippen LogP contribution in [0.5, 0.6) is 11.5 Å². The Bertz CT molecular complexity index is 1260. The molecule has 0 bridgehead atoms. The number of benzene rings is 3. The first-order valence-electron chi connectivity index (χ1n) is 11.1. The van der Waals surface area contributed by atoms with Crippen LogP contribution in [0.25, 0.3) is 0 Å². The molecule has 2 aliphatic heterocycles. The molecule has 0 saturated carbocycles. The molecule has 5 rings (SSSR count). The first kappa shape index (κ1) is 21.8. The highest BCUT2D eigenvalue weighted by Gasteiger charge is 2.62. The van der Waals surface area contributed by atoms with Crippen LogP contribution in [0.2, 0.25) is 5.02 Å². The third-order valence-corrected chi connectivity index (χ3v) is 7.18. The number of anilines is 1. The van der Waals surface area contributed by atoms with E-state index in [1.807, 2.05) is 63.2 Å².